The molecule has 1 aromatic carbocycles. The number of tetrazole rings is 1. The number of pyridine rings is 1. The van der Waals surface area contributed by atoms with Crippen LogP contribution in [0.5, 0.6) is 5.75 Å². The minimum absolute atomic E-state index is 0.0206. The normalized spacial score (nSPS) is 13.9. The number of hydrogen-bond acceptors (Lipinski definition) is 8. The SMILES string of the molecule is CCn1ncc(-c2cnn(C(CC3CC3)c3cc(OC)c(-c4c(-n5cnnn5)ccc(Cl)c4F)c[n+]3[O-])c2)cc1=O. The van der Waals surface area contributed by atoms with E-state index in [1.165, 1.54) is 41.1 Å². The van der Waals surface area contributed by atoms with Gasteiger partial charge in [-0.25, -0.2) is 9.07 Å². The molecule has 0 radical (unpaired) electrons. The van der Waals surface area contributed by atoms with Gasteiger partial charge in [-0.2, -0.15) is 19.6 Å². The minimum atomic E-state index is -0.740. The summed E-state index contributed by atoms with van der Waals surface area (Å²) in [7, 11) is 1.45. The maximum absolute atomic E-state index is 15.5. The van der Waals surface area contributed by atoms with Crippen molar-refractivity contribution in [3.63, 3.8) is 0 Å². The lowest BCUT2D eigenvalue weighted by atomic mass is 10.0. The van der Waals surface area contributed by atoms with Gasteiger partial charge in [0.05, 0.1) is 47.4 Å². The number of methoxy groups -OCH3 is 1. The van der Waals surface area contributed by atoms with E-state index in [1.807, 2.05) is 6.92 Å². The van der Waals surface area contributed by atoms with Crippen molar-refractivity contribution >= 4 is 11.6 Å². The average Bonchev–Trinajstić information content (AvgIpc) is 3.40. The zero-order chi connectivity index (χ0) is 28.7. The van der Waals surface area contributed by atoms with Gasteiger partial charge in [0, 0.05) is 29.9 Å². The number of hydrogen-bond donors (Lipinski definition) is 0. The van der Waals surface area contributed by atoms with Gasteiger partial charge < -0.3 is 9.94 Å². The van der Waals surface area contributed by atoms with Gasteiger partial charge in [0.25, 0.3) is 5.56 Å². The predicted octanol–water partition coefficient (Wildman–Crippen LogP) is 3.59. The first kappa shape index (κ1) is 26.6. The second-order valence-electron chi connectivity index (χ2n) is 9.82. The Morgan fingerprint density at radius 1 is 1.22 bits per heavy atom. The second kappa shape index (κ2) is 10.7. The Morgan fingerprint density at radius 3 is 2.71 bits per heavy atom. The van der Waals surface area contributed by atoms with E-state index in [2.05, 4.69) is 25.7 Å². The molecule has 1 fully saturated rings. The average molecular weight is 578 g/mol. The summed E-state index contributed by atoms with van der Waals surface area (Å²) in [6, 6.07) is 5.63. The molecule has 41 heavy (non-hydrogen) atoms. The van der Waals surface area contributed by atoms with Crippen LogP contribution in [-0.2, 0) is 6.54 Å². The highest BCUT2D eigenvalue weighted by atomic mass is 35.5. The molecule has 0 saturated heterocycles. The maximum atomic E-state index is 15.5. The van der Waals surface area contributed by atoms with E-state index in [4.69, 9.17) is 16.3 Å². The van der Waals surface area contributed by atoms with Crippen LogP contribution < -0.4 is 15.0 Å². The summed E-state index contributed by atoms with van der Waals surface area (Å²) in [6.45, 7) is 2.32. The lowest BCUT2D eigenvalue weighted by molar-refractivity contribution is -0.615. The van der Waals surface area contributed by atoms with Crippen molar-refractivity contribution in [1.29, 1.82) is 0 Å². The number of benzene rings is 1. The summed E-state index contributed by atoms with van der Waals surface area (Å²) in [6.07, 6.45) is 10.4. The molecule has 0 bridgehead atoms. The van der Waals surface area contributed by atoms with Gasteiger partial charge in [0.1, 0.15) is 18.1 Å². The van der Waals surface area contributed by atoms with Crippen LogP contribution in [0.3, 0.4) is 0 Å². The van der Waals surface area contributed by atoms with Crippen LogP contribution >= 0.6 is 11.6 Å². The van der Waals surface area contributed by atoms with Gasteiger partial charge in [-0.15, -0.1) is 5.10 Å². The Bertz CT molecular complexity index is 1780. The van der Waals surface area contributed by atoms with Crippen molar-refractivity contribution in [3.8, 4) is 33.7 Å². The molecule has 0 spiro atoms. The molecule has 0 aliphatic heterocycles. The molecule has 1 atom stereocenters. The van der Waals surface area contributed by atoms with E-state index in [0.29, 0.717) is 40.4 Å². The molecule has 1 aliphatic rings. The Balaban J connectivity index is 1.44. The number of nitrogens with zero attached hydrogens (tertiary/aromatic N) is 9. The Hall–Kier alpha value is -4.65. The summed E-state index contributed by atoms with van der Waals surface area (Å²) in [5.41, 5.74) is 1.99. The third-order valence-corrected chi connectivity index (χ3v) is 7.51. The van der Waals surface area contributed by atoms with Gasteiger partial charge in [0.2, 0.25) is 5.69 Å². The first-order valence-corrected chi connectivity index (χ1v) is 13.4. The molecule has 1 unspecified atom stereocenters. The van der Waals surface area contributed by atoms with E-state index in [9.17, 15) is 10.0 Å². The van der Waals surface area contributed by atoms with Crippen molar-refractivity contribution in [1.82, 2.24) is 39.8 Å². The fraction of sp³-hybridized carbons (Fsp3) is 0.296. The molecule has 1 aliphatic carbocycles. The quantitative estimate of drug-likeness (QED) is 0.192. The van der Waals surface area contributed by atoms with Crippen LogP contribution in [0, 0.1) is 16.9 Å². The standard InChI is InChI=1S/C27H25ClFN9O3/c1-3-35-25(39)9-17(11-31-35)18-12-32-36(13-18)22(8-16-4-5-16)23-10-24(41-2)19(14-38(23)40)26-21(37-15-30-33-34-37)7-6-20(28)27(26)29/h6-7,9-16,22H,3-5,8H2,1-2H3. The summed E-state index contributed by atoms with van der Waals surface area (Å²) in [5, 5.41) is 33.4. The molecular weight excluding hydrogens is 553 g/mol. The van der Waals surface area contributed by atoms with Crippen LogP contribution in [0.15, 0.2) is 60.2 Å². The molecular formula is C27H25ClFN9O3. The number of aryl methyl sites for hydroxylation is 1. The predicted molar refractivity (Wildman–Crippen MR) is 146 cm³/mol. The summed E-state index contributed by atoms with van der Waals surface area (Å²) in [5.74, 6) is -0.0380. The highest BCUT2D eigenvalue weighted by molar-refractivity contribution is 6.31. The number of ether oxygens (including phenoxy) is 1. The van der Waals surface area contributed by atoms with E-state index < -0.39 is 11.9 Å². The highest BCUT2D eigenvalue weighted by Crippen LogP contribution is 2.42. The molecule has 4 aromatic heterocycles. The lowest BCUT2D eigenvalue weighted by Gasteiger charge is -2.20. The number of halogens is 2. The summed E-state index contributed by atoms with van der Waals surface area (Å²) >= 11 is 6.14. The Morgan fingerprint density at radius 2 is 2.02 bits per heavy atom. The summed E-state index contributed by atoms with van der Waals surface area (Å²) < 4.78 is 26.3. The molecule has 14 heteroatoms. The van der Waals surface area contributed by atoms with Crippen molar-refractivity contribution in [3.05, 3.63) is 87.5 Å². The molecule has 6 rings (SSSR count). The zero-order valence-electron chi connectivity index (χ0n) is 22.2. The van der Waals surface area contributed by atoms with Crippen LogP contribution in [0.2, 0.25) is 5.02 Å². The smallest absolute Gasteiger partial charge is 0.267 e. The first-order chi connectivity index (χ1) is 19.9. The van der Waals surface area contributed by atoms with Gasteiger partial charge in [-0.3, -0.25) is 9.48 Å². The Kier molecular flexibility index (Phi) is 6.95. The maximum Gasteiger partial charge on any atom is 0.267 e. The monoisotopic (exact) mass is 577 g/mol. The van der Waals surface area contributed by atoms with Gasteiger partial charge >= 0.3 is 0 Å². The second-order valence-corrected chi connectivity index (χ2v) is 10.2. The third kappa shape index (κ3) is 5.04. The van der Waals surface area contributed by atoms with Gasteiger partial charge in [-0.05, 0) is 41.8 Å². The highest BCUT2D eigenvalue weighted by Gasteiger charge is 2.34. The van der Waals surface area contributed by atoms with Crippen LogP contribution in [0.25, 0.3) is 27.9 Å². The number of rotatable bonds is 9. The molecule has 5 aromatic rings. The van der Waals surface area contributed by atoms with E-state index in [1.54, 1.807) is 35.4 Å². The fourth-order valence-corrected chi connectivity index (χ4v) is 5.07. The van der Waals surface area contributed by atoms with Crippen LogP contribution in [0.1, 0.15) is 37.9 Å². The van der Waals surface area contributed by atoms with Crippen LogP contribution in [-0.4, -0.2) is 46.9 Å². The van der Waals surface area contributed by atoms with E-state index >= 15 is 4.39 Å². The van der Waals surface area contributed by atoms with Crippen molar-refractivity contribution in [2.45, 2.75) is 38.8 Å². The third-order valence-electron chi connectivity index (χ3n) is 7.22. The van der Waals surface area contributed by atoms with Gasteiger partial charge in [0.15, 0.2) is 12.0 Å². The Labute approximate surface area is 238 Å². The topological polar surface area (TPSA) is 132 Å². The molecule has 0 N–H and O–H groups in total. The molecule has 1 saturated carbocycles. The number of aromatic nitrogens is 9. The molecule has 4 heterocycles. The minimum Gasteiger partial charge on any atom is -0.618 e. The largest absolute Gasteiger partial charge is 0.618 e. The fourth-order valence-electron chi connectivity index (χ4n) is 4.91. The van der Waals surface area contributed by atoms with E-state index in [-0.39, 0.29) is 33.1 Å². The zero-order valence-corrected chi connectivity index (χ0v) is 22.9. The van der Waals surface area contributed by atoms with Crippen molar-refractivity contribution in [2.24, 2.45) is 5.92 Å². The molecule has 12 nitrogen and oxygen atoms in total. The van der Waals surface area contributed by atoms with Crippen molar-refractivity contribution < 1.29 is 13.9 Å². The van der Waals surface area contributed by atoms with Crippen LogP contribution in [0.4, 0.5) is 4.39 Å². The van der Waals surface area contributed by atoms with Crippen molar-refractivity contribution in [2.75, 3.05) is 7.11 Å². The molecule has 210 valence electrons. The van der Waals surface area contributed by atoms with E-state index in [0.717, 1.165) is 12.8 Å². The first-order valence-electron chi connectivity index (χ1n) is 13.0. The lowest BCUT2D eigenvalue weighted by Crippen LogP contribution is -2.36. The van der Waals surface area contributed by atoms with Gasteiger partial charge in [-0.1, -0.05) is 24.4 Å². The molecule has 0 amide bonds. The summed E-state index contributed by atoms with van der Waals surface area (Å²) in [4.78, 5) is 12.3.